The summed E-state index contributed by atoms with van der Waals surface area (Å²) >= 11 is 0. The summed E-state index contributed by atoms with van der Waals surface area (Å²) in [4.78, 5) is 17.6. The molecule has 2 heterocycles. The third kappa shape index (κ3) is 3.35. The molecule has 1 aliphatic rings. The van der Waals surface area contributed by atoms with Gasteiger partial charge < -0.3 is 14.6 Å². The molecule has 0 bridgehead atoms. The van der Waals surface area contributed by atoms with Gasteiger partial charge in [-0.2, -0.15) is 0 Å². The zero-order valence-corrected chi connectivity index (χ0v) is 12.0. The number of para-hydroxylation sites is 2. The van der Waals surface area contributed by atoms with Crippen molar-refractivity contribution in [2.24, 2.45) is 0 Å². The van der Waals surface area contributed by atoms with E-state index in [0.717, 1.165) is 5.52 Å². The normalized spacial score (nSPS) is 17.6. The van der Waals surface area contributed by atoms with Gasteiger partial charge in [0.15, 0.2) is 11.5 Å². The van der Waals surface area contributed by atoms with E-state index in [1.54, 1.807) is 0 Å². The summed E-state index contributed by atoms with van der Waals surface area (Å²) in [7, 11) is 0. The van der Waals surface area contributed by atoms with Crippen LogP contribution in [0.3, 0.4) is 0 Å². The van der Waals surface area contributed by atoms with Crippen LogP contribution in [0.4, 0.5) is 13.6 Å². The van der Waals surface area contributed by atoms with Gasteiger partial charge in [-0.05, 0) is 12.1 Å². The highest BCUT2D eigenvalue weighted by molar-refractivity contribution is 5.74. The van der Waals surface area contributed by atoms with Crippen LogP contribution in [-0.4, -0.2) is 41.5 Å². The molecule has 1 aliphatic heterocycles. The highest BCUT2D eigenvalue weighted by atomic mass is 19.3. The van der Waals surface area contributed by atoms with Gasteiger partial charge in [-0.1, -0.05) is 12.1 Å². The molecule has 3 rings (SSSR count). The van der Waals surface area contributed by atoms with E-state index in [1.165, 1.54) is 4.90 Å². The van der Waals surface area contributed by atoms with Gasteiger partial charge in [0.05, 0.1) is 0 Å². The summed E-state index contributed by atoms with van der Waals surface area (Å²) in [6, 6.07) is 7.12. The lowest BCUT2D eigenvalue weighted by Gasteiger charge is -2.31. The van der Waals surface area contributed by atoms with Crippen molar-refractivity contribution in [2.45, 2.75) is 25.2 Å². The van der Waals surface area contributed by atoms with Gasteiger partial charge in [0.1, 0.15) is 5.52 Å². The molecular weight excluding hydrogens is 292 g/mol. The minimum absolute atomic E-state index is 0.0850. The monoisotopic (exact) mass is 309 g/mol. The topological polar surface area (TPSA) is 58.4 Å². The smallest absolute Gasteiger partial charge is 0.317 e. The number of nitrogens with one attached hydrogen (secondary N) is 1. The average Bonchev–Trinajstić information content (AvgIpc) is 2.89. The number of hydrogen-bond donors (Lipinski definition) is 1. The number of hydrogen-bond acceptors (Lipinski definition) is 3. The number of carbonyl (C=O) groups is 1. The molecular formula is C15H17F2N3O2. The summed E-state index contributed by atoms with van der Waals surface area (Å²) in [5.41, 5.74) is 1.49. The lowest BCUT2D eigenvalue weighted by molar-refractivity contribution is -0.0469. The molecule has 0 aliphatic carbocycles. The van der Waals surface area contributed by atoms with E-state index in [2.05, 4.69) is 10.3 Å². The molecule has 1 N–H and O–H groups in total. The fourth-order valence-corrected chi connectivity index (χ4v) is 2.45. The van der Waals surface area contributed by atoms with Crippen LogP contribution in [-0.2, 0) is 6.42 Å². The molecule has 1 saturated heterocycles. The Morgan fingerprint density at radius 2 is 2.05 bits per heavy atom. The number of fused-ring (bicyclic) bond motifs is 1. The van der Waals surface area contributed by atoms with Crippen LogP contribution in [0.5, 0.6) is 0 Å². The van der Waals surface area contributed by atoms with Crippen LogP contribution in [0, 0.1) is 0 Å². The van der Waals surface area contributed by atoms with Gasteiger partial charge in [0.2, 0.25) is 0 Å². The van der Waals surface area contributed by atoms with Gasteiger partial charge in [0.25, 0.3) is 5.92 Å². The van der Waals surface area contributed by atoms with Gasteiger partial charge in [0, 0.05) is 38.9 Å². The number of benzene rings is 1. The number of nitrogens with zero attached hydrogens (tertiary/aromatic N) is 2. The third-order valence-electron chi connectivity index (χ3n) is 3.74. The number of carbonyl (C=O) groups excluding carboxylic acids is 1. The largest absolute Gasteiger partial charge is 0.441 e. The first-order valence-corrected chi connectivity index (χ1v) is 7.29. The van der Waals surface area contributed by atoms with Crippen molar-refractivity contribution in [3.05, 3.63) is 30.2 Å². The maximum absolute atomic E-state index is 13.0. The minimum Gasteiger partial charge on any atom is -0.441 e. The Labute approximate surface area is 126 Å². The first-order valence-electron chi connectivity index (χ1n) is 7.29. The number of aromatic nitrogens is 1. The van der Waals surface area contributed by atoms with Gasteiger partial charge in [-0.25, -0.2) is 18.6 Å². The molecule has 118 valence electrons. The molecule has 0 radical (unpaired) electrons. The Hall–Kier alpha value is -2.18. The summed E-state index contributed by atoms with van der Waals surface area (Å²) in [5.74, 6) is -2.10. The van der Waals surface area contributed by atoms with Crippen LogP contribution in [0.2, 0.25) is 0 Å². The average molecular weight is 309 g/mol. The van der Waals surface area contributed by atoms with Gasteiger partial charge >= 0.3 is 6.03 Å². The maximum Gasteiger partial charge on any atom is 0.317 e. The Kier molecular flexibility index (Phi) is 3.96. The van der Waals surface area contributed by atoms with E-state index in [9.17, 15) is 13.6 Å². The third-order valence-corrected chi connectivity index (χ3v) is 3.74. The van der Waals surface area contributed by atoms with Crippen LogP contribution in [0.25, 0.3) is 11.1 Å². The standard InChI is InChI=1S/C15H17F2N3O2/c16-15(17)6-9-20(10-7-15)14(21)18-8-5-13-19-11-3-1-2-4-12(11)22-13/h1-4H,5-10H2,(H,18,21). The highest BCUT2D eigenvalue weighted by Crippen LogP contribution is 2.27. The molecule has 0 atom stereocenters. The molecule has 5 nitrogen and oxygen atoms in total. The second-order valence-corrected chi connectivity index (χ2v) is 5.40. The molecule has 0 saturated carbocycles. The van der Waals surface area contributed by atoms with Crippen molar-refractivity contribution in [3.63, 3.8) is 0 Å². The Balaban J connectivity index is 1.47. The number of halogens is 2. The van der Waals surface area contributed by atoms with E-state index >= 15 is 0 Å². The highest BCUT2D eigenvalue weighted by Gasteiger charge is 2.35. The first kappa shape index (κ1) is 14.7. The van der Waals surface area contributed by atoms with Crippen molar-refractivity contribution in [1.29, 1.82) is 0 Å². The number of piperidine rings is 1. The second-order valence-electron chi connectivity index (χ2n) is 5.40. The van der Waals surface area contributed by atoms with Crippen molar-refractivity contribution in [3.8, 4) is 0 Å². The zero-order valence-electron chi connectivity index (χ0n) is 12.0. The number of amides is 2. The van der Waals surface area contributed by atoms with E-state index < -0.39 is 5.92 Å². The van der Waals surface area contributed by atoms with Crippen molar-refractivity contribution >= 4 is 17.1 Å². The maximum atomic E-state index is 13.0. The van der Waals surface area contributed by atoms with E-state index in [0.29, 0.717) is 24.4 Å². The molecule has 22 heavy (non-hydrogen) atoms. The summed E-state index contributed by atoms with van der Waals surface area (Å²) in [5, 5.41) is 2.71. The van der Waals surface area contributed by atoms with Crippen LogP contribution >= 0.6 is 0 Å². The number of rotatable bonds is 3. The summed E-state index contributed by atoms with van der Waals surface area (Å²) in [6.45, 7) is 0.530. The summed E-state index contributed by atoms with van der Waals surface area (Å²) in [6.07, 6.45) is -0.0818. The SMILES string of the molecule is O=C(NCCc1nc2ccccc2o1)N1CCC(F)(F)CC1. The fraction of sp³-hybridized carbons (Fsp3) is 0.467. The molecule has 1 aromatic heterocycles. The number of likely N-dealkylation sites (tertiary alicyclic amines) is 1. The fourth-order valence-electron chi connectivity index (χ4n) is 2.45. The molecule has 0 unspecified atom stereocenters. The molecule has 0 spiro atoms. The predicted molar refractivity (Wildman–Crippen MR) is 76.9 cm³/mol. The lowest BCUT2D eigenvalue weighted by atomic mass is 10.1. The number of alkyl halides is 2. The molecule has 1 fully saturated rings. The van der Waals surface area contributed by atoms with Crippen LogP contribution < -0.4 is 5.32 Å². The van der Waals surface area contributed by atoms with Crippen molar-refractivity contribution in [2.75, 3.05) is 19.6 Å². The van der Waals surface area contributed by atoms with Crippen molar-refractivity contribution < 1.29 is 18.0 Å². The molecule has 1 aromatic carbocycles. The van der Waals surface area contributed by atoms with Gasteiger partial charge in [-0.3, -0.25) is 0 Å². The lowest BCUT2D eigenvalue weighted by Crippen LogP contribution is -2.47. The Morgan fingerprint density at radius 3 is 2.77 bits per heavy atom. The molecule has 2 amide bonds. The molecule has 7 heteroatoms. The van der Waals surface area contributed by atoms with E-state index in [4.69, 9.17) is 4.42 Å². The summed E-state index contributed by atoms with van der Waals surface area (Å²) < 4.78 is 31.6. The van der Waals surface area contributed by atoms with Gasteiger partial charge in [-0.15, -0.1) is 0 Å². The van der Waals surface area contributed by atoms with Crippen LogP contribution in [0.15, 0.2) is 28.7 Å². The zero-order chi connectivity index (χ0) is 15.6. The van der Waals surface area contributed by atoms with Crippen LogP contribution in [0.1, 0.15) is 18.7 Å². The Morgan fingerprint density at radius 1 is 1.32 bits per heavy atom. The second kappa shape index (κ2) is 5.90. The number of oxazole rings is 1. The number of urea groups is 1. The van der Waals surface area contributed by atoms with E-state index in [1.807, 2.05) is 24.3 Å². The quantitative estimate of drug-likeness (QED) is 0.948. The predicted octanol–water partition coefficient (Wildman–Crippen LogP) is 2.81. The van der Waals surface area contributed by atoms with Crippen molar-refractivity contribution in [1.82, 2.24) is 15.2 Å². The van der Waals surface area contributed by atoms with E-state index in [-0.39, 0.29) is 32.0 Å². The Bertz CT molecular complexity index is 629. The molecule has 2 aromatic rings. The minimum atomic E-state index is -2.64. The first-order chi connectivity index (χ1) is 10.5.